The normalized spacial score (nSPS) is 23.0. The molecule has 5 rings (SSSR count). The molecule has 0 radical (unpaired) electrons. The van der Waals surface area contributed by atoms with Crippen LogP contribution in [0.2, 0.25) is 0 Å². The van der Waals surface area contributed by atoms with E-state index in [0.717, 1.165) is 24.0 Å². The fraction of sp³-hybridized carbons (Fsp3) is 0.440. The van der Waals surface area contributed by atoms with Gasteiger partial charge in [-0.25, -0.2) is 0 Å². The summed E-state index contributed by atoms with van der Waals surface area (Å²) in [6.07, 6.45) is 5.95. The third-order valence-electron chi connectivity index (χ3n) is 6.63. The second-order valence-corrected chi connectivity index (χ2v) is 9.12. The van der Waals surface area contributed by atoms with E-state index in [4.69, 9.17) is 9.26 Å². The summed E-state index contributed by atoms with van der Waals surface area (Å²) in [7, 11) is 0. The summed E-state index contributed by atoms with van der Waals surface area (Å²) in [4.78, 5) is 18.1. The van der Waals surface area contributed by atoms with Gasteiger partial charge in [-0.3, -0.25) is 9.69 Å². The fourth-order valence-corrected chi connectivity index (χ4v) is 4.99. The summed E-state index contributed by atoms with van der Waals surface area (Å²) in [5.74, 6) is -0.0641. The van der Waals surface area contributed by atoms with Crippen LogP contribution >= 0.6 is 0 Å². The highest BCUT2D eigenvalue weighted by atomic mass is 16.5. The summed E-state index contributed by atoms with van der Waals surface area (Å²) in [6.45, 7) is 5.10. The Bertz CT molecular complexity index is 1180. The van der Waals surface area contributed by atoms with Crippen molar-refractivity contribution in [3.63, 3.8) is 0 Å². The smallest absolute Gasteiger partial charge is 0.309 e. The Hall–Kier alpha value is -3.28. The molecule has 8 nitrogen and oxygen atoms in total. The lowest BCUT2D eigenvalue weighted by Gasteiger charge is -2.41. The molecule has 1 fully saturated rings. The van der Waals surface area contributed by atoms with Crippen LogP contribution in [0.15, 0.2) is 40.4 Å². The first-order valence-corrected chi connectivity index (χ1v) is 11.3. The van der Waals surface area contributed by atoms with E-state index in [0.29, 0.717) is 36.8 Å². The lowest BCUT2D eigenvalue weighted by molar-refractivity contribution is -0.148. The number of rotatable bonds is 6. The molecule has 0 bridgehead atoms. The highest BCUT2D eigenvalue weighted by Crippen LogP contribution is 2.42. The largest absolute Gasteiger partial charge is 0.481 e. The number of aromatic nitrogens is 2. The second-order valence-electron chi connectivity index (χ2n) is 9.12. The topological polar surface area (TPSA) is 112 Å². The van der Waals surface area contributed by atoms with E-state index in [2.05, 4.69) is 27.2 Å². The molecule has 2 aromatic rings. The van der Waals surface area contributed by atoms with Crippen LogP contribution in [-0.2, 0) is 16.0 Å². The Kier molecular flexibility index (Phi) is 5.60. The van der Waals surface area contributed by atoms with Gasteiger partial charge in [0.2, 0.25) is 5.82 Å². The lowest BCUT2D eigenvalue weighted by atomic mass is 9.94. The number of fused-ring (bicyclic) bond motifs is 1. The molecule has 1 unspecified atom stereocenters. The number of allylic oxidation sites excluding steroid dienone is 2. The molecule has 2 aliphatic carbocycles. The molecule has 0 spiro atoms. The van der Waals surface area contributed by atoms with Crippen LogP contribution in [0.4, 0.5) is 0 Å². The molecule has 1 aromatic carbocycles. The van der Waals surface area contributed by atoms with Crippen LogP contribution in [0, 0.1) is 17.2 Å². The zero-order chi connectivity index (χ0) is 23.1. The summed E-state index contributed by atoms with van der Waals surface area (Å²) in [6, 6.07) is 8.59. The van der Waals surface area contributed by atoms with Crippen LogP contribution in [0.25, 0.3) is 17.0 Å². The number of carbonyl (C=O) groups is 1. The molecule has 170 valence electrons. The van der Waals surface area contributed by atoms with Crippen LogP contribution in [-0.4, -0.2) is 51.4 Å². The maximum Gasteiger partial charge on any atom is 0.309 e. The maximum absolute atomic E-state index is 11.2. The lowest BCUT2D eigenvalue weighted by Crippen LogP contribution is -2.51. The van der Waals surface area contributed by atoms with Crippen molar-refractivity contribution in [3.05, 3.63) is 52.9 Å². The molecule has 2 atom stereocenters. The number of likely N-dealkylation sites (tertiary alicyclic amines) is 1. The van der Waals surface area contributed by atoms with Crippen LogP contribution in [0.3, 0.4) is 0 Å². The number of carboxylic acid groups (broad SMARTS) is 1. The molecular formula is C25H26N4O4. The molecule has 1 aliphatic heterocycles. The van der Waals surface area contributed by atoms with Crippen LogP contribution < -0.4 is 0 Å². The van der Waals surface area contributed by atoms with Crippen LogP contribution in [0.1, 0.15) is 49.7 Å². The molecule has 1 aromatic heterocycles. The molecule has 1 N–H and O–H groups in total. The standard InChI is InChI=1S/C25H26N4O4/c1-14(2)32-22-9-6-15(10-16(22)11-26)24-27-23(28-33-24)20-5-3-4-19-18(20)7-8-21(19)29-12-17(13-29)25(30)31/h3-6,10,14,17,21-22H,7-9,12-13H2,1-2H3,(H,30,31)/t21-,22?/m0/s1. The zero-order valence-corrected chi connectivity index (χ0v) is 18.7. The van der Waals surface area contributed by atoms with Crippen molar-refractivity contribution < 1.29 is 19.2 Å². The number of ether oxygens (including phenoxy) is 1. The van der Waals surface area contributed by atoms with Gasteiger partial charge in [-0.05, 0) is 50.3 Å². The van der Waals surface area contributed by atoms with E-state index >= 15 is 0 Å². The molecule has 8 heteroatoms. The second kappa shape index (κ2) is 8.58. The molecule has 0 amide bonds. The minimum Gasteiger partial charge on any atom is -0.481 e. The van der Waals surface area contributed by atoms with Crippen molar-refractivity contribution in [1.29, 1.82) is 5.26 Å². The Morgan fingerprint density at radius 2 is 2.18 bits per heavy atom. The Balaban J connectivity index is 1.37. The monoisotopic (exact) mass is 446 g/mol. The molecule has 1 saturated heterocycles. The van der Waals surface area contributed by atoms with Gasteiger partial charge in [0, 0.05) is 30.3 Å². The van der Waals surface area contributed by atoms with E-state index in [1.165, 1.54) is 11.1 Å². The quantitative estimate of drug-likeness (QED) is 0.714. The highest BCUT2D eigenvalue weighted by molar-refractivity contribution is 5.74. The summed E-state index contributed by atoms with van der Waals surface area (Å²) < 4.78 is 11.4. The van der Waals surface area contributed by atoms with Gasteiger partial charge in [0.25, 0.3) is 5.89 Å². The van der Waals surface area contributed by atoms with Crippen molar-refractivity contribution in [2.75, 3.05) is 13.1 Å². The summed E-state index contributed by atoms with van der Waals surface area (Å²) in [5, 5.41) is 23.0. The first-order valence-electron chi connectivity index (χ1n) is 11.3. The van der Waals surface area contributed by atoms with Gasteiger partial charge in [-0.15, -0.1) is 0 Å². The van der Waals surface area contributed by atoms with E-state index in [9.17, 15) is 15.2 Å². The van der Waals surface area contributed by atoms with Crippen molar-refractivity contribution in [1.82, 2.24) is 15.0 Å². The summed E-state index contributed by atoms with van der Waals surface area (Å²) >= 11 is 0. The number of aliphatic carboxylic acids is 1. The minimum absolute atomic E-state index is 0.0342. The number of hydrogen-bond donors (Lipinski definition) is 1. The number of nitrogens with zero attached hydrogens (tertiary/aromatic N) is 4. The summed E-state index contributed by atoms with van der Waals surface area (Å²) in [5.41, 5.74) is 4.66. The van der Waals surface area contributed by atoms with Crippen molar-refractivity contribution in [2.24, 2.45) is 5.92 Å². The number of hydrogen-bond acceptors (Lipinski definition) is 7. The van der Waals surface area contributed by atoms with Gasteiger partial charge in [0.1, 0.15) is 0 Å². The van der Waals surface area contributed by atoms with E-state index in [1.54, 1.807) is 6.08 Å². The molecule has 0 saturated carbocycles. The maximum atomic E-state index is 11.2. The Morgan fingerprint density at radius 3 is 2.91 bits per heavy atom. The predicted octanol–water partition coefficient (Wildman–Crippen LogP) is 3.77. The van der Waals surface area contributed by atoms with Gasteiger partial charge >= 0.3 is 5.97 Å². The molecule has 33 heavy (non-hydrogen) atoms. The first-order chi connectivity index (χ1) is 15.9. The van der Waals surface area contributed by atoms with E-state index in [1.807, 2.05) is 32.1 Å². The zero-order valence-electron chi connectivity index (χ0n) is 18.7. The molecule has 3 aliphatic rings. The van der Waals surface area contributed by atoms with E-state index in [-0.39, 0.29) is 24.2 Å². The predicted molar refractivity (Wildman–Crippen MR) is 120 cm³/mol. The van der Waals surface area contributed by atoms with Crippen molar-refractivity contribution >= 4 is 11.5 Å². The third-order valence-corrected chi connectivity index (χ3v) is 6.63. The number of benzene rings is 1. The fourth-order valence-electron chi connectivity index (χ4n) is 4.99. The van der Waals surface area contributed by atoms with Crippen molar-refractivity contribution in [3.8, 4) is 17.5 Å². The average Bonchev–Trinajstić information content (AvgIpc) is 3.40. The Labute approximate surface area is 192 Å². The molecular weight excluding hydrogens is 420 g/mol. The number of nitriles is 1. The molecule has 2 heterocycles. The number of carboxylic acids is 1. The first kappa shape index (κ1) is 21.6. The average molecular weight is 447 g/mol. The Morgan fingerprint density at radius 1 is 1.36 bits per heavy atom. The van der Waals surface area contributed by atoms with Gasteiger partial charge in [-0.2, -0.15) is 10.2 Å². The van der Waals surface area contributed by atoms with Gasteiger partial charge in [0.15, 0.2) is 0 Å². The van der Waals surface area contributed by atoms with Gasteiger partial charge < -0.3 is 14.4 Å². The van der Waals surface area contributed by atoms with Gasteiger partial charge in [-0.1, -0.05) is 29.4 Å². The van der Waals surface area contributed by atoms with Crippen molar-refractivity contribution in [2.45, 2.75) is 51.4 Å². The highest BCUT2D eigenvalue weighted by Gasteiger charge is 2.40. The van der Waals surface area contributed by atoms with E-state index < -0.39 is 5.97 Å². The van der Waals surface area contributed by atoms with Crippen LogP contribution in [0.5, 0.6) is 0 Å². The minimum atomic E-state index is -0.717. The SMILES string of the molecule is CC(C)OC1CC=C(c2nc(-c3cccc4c3CC[C@@H]4N3CC(C(=O)O)C3)no2)C=C1C#N. The van der Waals surface area contributed by atoms with Gasteiger partial charge in [0.05, 0.1) is 29.8 Å². The third kappa shape index (κ3) is 3.99.